The van der Waals surface area contributed by atoms with Crippen LogP contribution < -0.4 is 5.32 Å². The first-order chi connectivity index (χ1) is 12.8. The largest absolute Gasteiger partial charge is 0.480 e. The van der Waals surface area contributed by atoms with E-state index < -0.39 is 42.0 Å². The lowest BCUT2D eigenvalue weighted by atomic mass is 10.1. The summed E-state index contributed by atoms with van der Waals surface area (Å²) in [7, 11) is -5.94. The standard InChI is InChI=1S/C13H26NO10PS3/c1-10(24-25(18,19)20)12(13(16)17)14-11(15)6-4-2-3-5-7-26-27-8-9-28(21,22)23/h10,12H,2-9H2,1H3,(H,14,15)(H,16,17)(H2,18,19,20)(H,21,22,23)/t10-,12+/m0/s1. The highest BCUT2D eigenvalue weighted by molar-refractivity contribution is 8.76. The van der Waals surface area contributed by atoms with Gasteiger partial charge >= 0.3 is 13.8 Å². The molecule has 15 heteroatoms. The number of phosphoric acid groups is 1. The van der Waals surface area contributed by atoms with Crippen LogP contribution in [0.2, 0.25) is 0 Å². The molecule has 0 aliphatic carbocycles. The molecule has 0 heterocycles. The summed E-state index contributed by atoms with van der Waals surface area (Å²) in [6.07, 6.45) is 1.61. The van der Waals surface area contributed by atoms with Gasteiger partial charge in [0.25, 0.3) is 10.1 Å². The van der Waals surface area contributed by atoms with Crippen LogP contribution in [0.25, 0.3) is 0 Å². The van der Waals surface area contributed by atoms with Crippen molar-refractivity contribution in [3.05, 3.63) is 0 Å². The van der Waals surface area contributed by atoms with Crippen molar-refractivity contribution >= 4 is 51.4 Å². The van der Waals surface area contributed by atoms with E-state index >= 15 is 0 Å². The SMILES string of the molecule is C[C@H](OP(=O)(O)O)[C@@H](NC(=O)CCCCCCSSCCS(=O)(=O)O)C(=O)O. The molecule has 166 valence electrons. The fourth-order valence-electron chi connectivity index (χ4n) is 1.96. The van der Waals surface area contributed by atoms with Crippen LogP contribution in [-0.4, -0.2) is 69.1 Å². The summed E-state index contributed by atoms with van der Waals surface area (Å²) in [5.74, 6) is -1.20. The molecule has 0 radical (unpaired) electrons. The smallest absolute Gasteiger partial charge is 0.469 e. The van der Waals surface area contributed by atoms with E-state index in [1.54, 1.807) is 0 Å². The number of rotatable bonds is 16. The second-order valence-corrected chi connectivity index (χ2v) is 11.2. The van der Waals surface area contributed by atoms with Gasteiger partial charge in [-0.2, -0.15) is 8.42 Å². The molecule has 0 unspecified atom stereocenters. The molecule has 11 nitrogen and oxygen atoms in total. The van der Waals surface area contributed by atoms with E-state index in [2.05, 4.69) is 9.84 Å². The van der Waals surface area contributed by atoms with Gasteiger partial charge in [-0.1, -0.05) is 34.4 Å². The number of carboxylic acids is 1. The Kier molecular flexibility index (Phi) is 13.6. The third-order valence-corrected chi connectivity index (χ3v) is 7.32. The van der Waals surface area contributed by atoms with E-state index in [-0.39, 0.29) is 12.2 Å². The Balaban J connectivity index is 3.90. The maximum Gasteiger partial charge on any atom is 0.469 e. The Morgan fingerprint density at radius 3 is 2.21 bits per heavy atom. The summed E-state index contributed by atoms with van der Waals surface area (Å²) in [5.41, 5.74) is 0. The fraction of sp³-hybridized carbons (Fsp3) is 0.846. The molecule has 2 atom stereocenters. The van der Waals surface area contributed by atoms with Crippen LogP contribution >= 0.6 is 29.4 Å². The number of aliphatic carboxylic acids is 1. The molecular formula is C13H26NO10PS3. The Morgan fingerprint density at radius 2 is 1.68 bits per heavy atom. The lowest BCUT2D eigenvalue weighted by Crippen LogP contribution is -2.48. The van der Waals surface area contributed by atoms with Gasteiger partial charge in [-0.25, -0.2) is 9.36 Å². The molecule has 0 aromatic heterocycles. The normalized spacial score (nSPS) is 14.4. The molecule has 0 rings (SSSR count). The van der Waals surface area contributed by atoms with Crippen LogP contribution in [0.15, 0.2) is 0 Å². The maximum atomic E-state index is 11.8. The van der Waals surface area contributed by atoms with Gasteiger partial charge in [-0.05, 0) is 19.8 Å². The quantitative estimate of drug-likeness (QED) is 0.0917. The molecule has 0 aromatic rings. The van der Waals surface area contributed by atoms with Gasteiger partial charge in [0, 0.05) is 17.9 Å². The minimum Gasteiger partial charge on any atom is -0.480 e. The number of hydrogen-bond acceptors (Lipinski definition) is 8. The topological polar surface area (TPSA) is 188 Å². The summed E-state index contributed by atoms with van der Waals surface area (Å²) >= 11 is 0. The zero-order valence-corrected chi connectivity index (χ0v) is 18.6. The Bertz CT molecular complexity index is 638. The van der Waals surface area contributed by atoms with E-state index in [1.165, 1.54) is 21.6 Å². The highest BCUT2D eigenvalue weighted by atomic mass is 33.1. The Morgan fingerprint density at radius 1 is 1.11 bits per heavy atom. The third kappa shape index (κ3) is 16.6. The van der Waals surface area contributed by atoms with Crippen LogP contribution in [0.4, 0.5) is 0 Å². The molecule has 1 amide bonds. The monoisotopic (exact) mass is 483 g/mol. The summed E-state index contributed by atoms with van der Waals surface area (Å²) in [4.78, 5) is 40.4. The lowest BCUT2D eigenvalue weighted by Gasteiger charge is -2.21. The van der Waals surface area contributed by atoms with Crippen molar-refractivity contribution < 1.29 is 46.5 Å². The maximum absolute atomic E-state index is 11.8. The van der Waals surface area contributed by atoms with Crippen molar-refractivity contribution in [2.75, 3.05) is 17.3 Å². The van der Waals surface area contributed by atoms with Crippen LogP contribution in [0.5, 0.6) is 0 Å². The number of nitrogens with one attached hydrogen (secondary N) is 1. The molecule has 0 saturated carbocycles. The van der Waals surface area contributed by atoms with Crippen molar-refractivity contribution in [1.82, 2.24) is 5.32 Å². The highest BCUT2D eigenvalue weighted by Gasteiger charge is 2.32. The molecule has 0 bridgehead atoms. The summed E-state index contributed by atoms with van der Waals surface area (Å²) < 4.78 is 44.7. The fourth-order valence-corrected chi connectivity index (χ4v) is 5.86. The lowest BCUT2D eigenvalue weighted by molar-refractivity contribution is -0.144. The summed E-state index contributed by atoms with van der Waals surface area (Å²) in [6.45, 7) is 1.14. The zero-order chi connectivity index (χ0) is 21.8. The van der Waals surface area contributed by atoms with Crippen LogP contribution in [0.1, 0.15) is 39.0 Å². The Hall–Kier alpha value is -0.340. The molecule has 0 saturated heterocycles. The summed E-state index contributed by atoms with van der Waals surface area (Å²) in [5, 5.41) is 11.3. The molecule has 0 aliphatic rings. The van der Waals surface area contributed by atoms with Gasteiger partial charge in [-0.3, -0.25) is 13.9 Å². The molecule has 5 N–H and O–H groups in total. The van der Waals surface area contributed by atoms with Gasteiger partial charge in [-0.15, -0.1) is 0 Å². The van der Waals surface area contributed by atoms with Crippen LogP contribution in [-0.2, 0) is 28.8 Å². The number of carbonyl (C=O) groups is 2. The van der Waals surface area contributed by atoms with Crippen molar-refractivity contribution in [1.29, 1.82) is 0 Å². The van der Waals surface area contributed by atoms with Gasteiger partial charge < -0.3 is 20.2 Å². The zero-order valence-electron chi connectivity index (χ0n) is 15.2. The number of unbranched alkanes of at least 4 members (excludes halogenated alkanes) is 3. The minimum absolute atomic E-state index is 0.0721. The molecule has 0 aromatic carbocycles. The van der Waals surface area contributed by atoms with Crippen molar-refractivity contribution in [2.45, 2.75) is 51.2 Å². The highest BCUT2D eigenvalue weighted by Crippen LogP contribution is 2.38. The first-order valence-electron chi connectivity index (χ1n) is 8.27. The van der Waals surface area contributed by atoms with Crippen molar-refractivity contribution in [3.8, 4) is 0 Å². The second-order valence-electron chi connectivity index (χ2n) is 5.78. The van der Waals surface area contributed by atoms with Crippen LogP contribution in [0, 0.1) is 0 Å². The van der Waals surface area contributed by atoms with Crippen molar-refractivity contribution in [2.24, 2.45) is 0 Å². The predicted octanol–water partition coefficient (Wildman–Crippen LogP) is 1.27. The number of carbonyl (C=O) groups excluding carboxylic acids is 1. The van der Waals surface area contributed by atoms with E-state index in [0.717, 1.165) is 31.9 Å². The molecule has 0 aliphatic heterocycles. The minimum atomic E-state index is -4.87. The van der Waals surface area contributed by atoms with Crippen molar-refractivity contribution in [3.63, 3.8) is 0 Å². The number of phosphoric ester groups is 1. The molecule has 0 fully saturated rings. The predicted molar refractivity (Wildman–Crippen MR) is 107 cm³/mol. The first kappa shape index (κ1) is 27.7. The number of amides is 1. The van der Waals surface area contributed by atoms with Gasteiger partial charge in [0.1, 0.15) is 0 Å². The average molecular weight is 484 g/mol. The van der Waals surface area contributed by atoms with E-state index in [4.69, 9.17) is 19.4 Å². The van der Waals surface area contributed by atoms with Gasteiger partial charge in [0.15, 0.2) is 6.04 Å². The van der Waals surface area contributed by atoms with Crippen LogP contribution in [0.3, 0.4) is 0 Å². The number of carboxylic acid groups (broad SMARTS) is 1. The van der Waals surface area contributed by atoms with Gasteiger partial charge in [0.2, 0.25) is 5.91 Å². The summed E-state index contributed by atoms with van der Waals surface area (Å²) in [6, 6.07) is -1.57. The molecular weight excluding hydrogens is 457 g/mol. The van der Waals surface area contributed by atoms with E-state index in [9.17, 15) is 22.6 Å². The first-order valence-corrected chi connectivity index (χ1v) is 13.9. The van der Waals surface area contributed by atoms with Gasteiger partial charge in [0.05, 0.1) is 11.9 Å². The third-order valence-electron chi connectivity index (χ3n) is 3.25. The van der Waals surface area contributed by atoms with E-state index in [0.29, 0.717) is 12.2 Å². The second kappa shape index (κ2) is 13.8. The molecule has 0 spiro atoms. The van der Waals surface area contributed by atoms with E-state index in [1.807, 2.05) is 0 Å². The number of hydrogen-bond donors (Lipinski definition) is 5. The molecule has 28 heavy (non-hydrogen) atoms. The Labute approximate surface area is 171 Å². The average Bonchev–Trinajstić information content (AvgIpc) is 2.51.